The van der Waals surface area contributed by atoms with E-state index in [2.05, 4.69) is 5.32 Å². The zero-order valence-corrected chi connectivity index (χ0v) is 18.8. The minimum Gasteiger partial charge on any atom is -0.492 e. The average molecular weight is 451 g/mol. The fourth-order valence-electron chi connectivity index (χ4n) is 3.61. The summed E-state index contributed by atoms with van der Waals surface area (Å²) in [4.78, 5) is 12.6. The number of sulfonamides is 1. The van der Waals surface area contributed by atoms with Crippen molar-refractivity contribution >= 4 is 27.5 Å². The SMILES string of the molecule is CCOc1ccc(Cl)cc1S(=O)(=O)N1CCC(C(=O)NCc2cccc(C)c2)CC1. The van der Waals surface area contributed by atoms with Crippen molar-refractivity contribution < 1.29 is 17.9 Å². The van der Waals surface area contributed by atoms with Crippen LogP contribution in [0.4, 0.5) is 0 Å². The molecule has 162 valence electrons. The van der Waals surface area contributed by atoms with Crippen LogP contribution in [0.15, 0.2) is 47.4 Å². The van der Waals surface area contributed by atoms with Gasteiger partial charge in [-0.1, -0.05) is 41.4 Å². The first-order valence-electron chi connectivity index (χ1n) is 10.1. The fraction of sp³-hybridized carbons (Fsp3) is 0.409. The van der Waals surface area contributed by atoms with E-state index in [9.17, 15) is 13.2 Å². The first kappa shape index (κ1) is 22.6. The Morgan fingerprint density at radius 1 is 1.20 bits per heavy atom. The van der Waals surface area contributed by atoms with Crippen molar-refractivity contribution in [3.63, 3.8) is 0 Å². The predicted octanol–water partition coefficient (Wildman–Crippen LogP) is 3.76. The second-order valence-corrected chi connectivity index (χ2v) is 9.75. The lowest BCUT2D eigenvalue weighted by molar-refractivity contribution is -0.126. The zero-order valence-electron chi connectivity index (χ0n) is 17.2. The van der Waals surface area contributed by atoms with Crippen molar-refractivity contribution in [1.82, 2.24) is 9.62 Å². The zero-order chi connectivity index (χ0) is 21.7. The van der Waals surface area contributed by atoms with Crippen molar-refractivity contribution in [2.45, 2.75) is 38.1 Å². The highest BCUT2D eigenvalue weighted by Gasteiger charge is 2.33. The van der Waals surface area contributed by atoms with Gasteiger partial charge in [-0.05, 0) is 50.5 Å². The second kappa shape index (κ2) is 9.81. The van der Waals surface area contributed by atoms with Crippen LogP contribution in [-0.4, -0.2) is 38.3 Å². The number of piperidine rings is 1. The van der Waals surface area contributed by atoms with Crippen LogP contribution in [0.3, 0.4) is 0 Å². The van der Waals surface area contributed by atoms with Gasteiger partial charge in [0.1, 0.15) is 10.6 Å². The molecular formula is C22H27ClN2O4S. The van der Waals surface area contributed by atoms with Gasteiger partial charge in [0.15, 0.2) is 0 Å². The van der Waals surface area contributed by atoms with E-state index >= 15 is 0 Å². The van der Waals surface area contributed by atoms with Gasteiger partial charge in [-0.2, -0.15) is 4.31 Å². The van der Waals surface area contributed by atoms with Crippen molar-refractivity contribution in [2.75, 3.05) is 19.7 Å². The Labute approximate surface area is 183 Å². The van der Waals surface area contributed by atoms with Crippen LogP contribution < -0.4 is 10.1 Å². The summed E-state index contributed by atoms with van der Waals surface area (Å²) in [6.45, 7) is 5.20. The van der Waals surface area contributed by atoms with Gasteiger partial charge in [0.2, 0.25) is 15.9 Å². The van der Waals surface area contributed by atoms with Gasteiger partial charge in [-0.3, -0.25) is 4.79 Å². The number of nitrogens with zero attached hydrogens (tertiary/aromatic N) is 1. The van der Waals surface area contributed by atoms with Gasteiger partial charge in [0.05, 0.1) is 6.61 Å². The summed E-state index contributed by atoms with van der Waals surface area (Å²) in [7, 11) is -3.75. The molecule has 1 amide bonds. The molecule has 6 nitrogen and oxygen atoms in total. The number of carbonyl (C=O) groups excluding carboxylic acids is 1. The number of hydrogen-bond donors (Lipinski definition) is 1. The van der Waals surface area contributed by atoms with Gasteiger partial charge in [0.25, 0.3) is 0 Å². The molecule has 0 bridgehead atoms. The molecule has 1 aliphatic rings. The molecule has 30 heavy (non-hydrogen) atoms. The minimum atomic E-state index is -3.75. The largest absolute Gasteiger partial charge is 0.492 e. The summed E-state index contributed by atoms with van der Waals surface area (Å²) in [5.41, 5.74) is 2.19. The normalized spacial score (nSPS) is 15.7. The molecule has 1 aliphatic heterocycles. The highest BCUT2D eigenvalue weighted by molar-refractivity contribution is 7.89. The van der Waals surface area contributed by atoms with E-state index in [0.717, 1.165) is 11.1 Å². The van der Waals surface area contributed by atoms with Gasteiger partial charge < -0.3 is 10.1 Å². The Morgan fingerprint density at radius 3 is 2.60 bits per heavy atom. The van der Waals surface area contributed by atoms with E-state index in [-0.39, 0.29) is 29.8 Å². The average Bonchev–Trinajstić information content (AvgIpc) is 2.73. The lowest BCUT2D eigenvalue weighted by Gasteiger charge is -2.31. The summed E-state index contributed by atoms with van der Waals surface area (Å²) in [5.74, 6) is 0.0539. The first-order chi connectivity index (χ1) is 14.3. The van der Waals surface area contributed by atoms with E-state index in [0.29, 0.717) is 36.8 Å². The van der Waals surface area contributed by atoms with Crippen molar-refractivity contribution in [3.8, 4) is 5.75 Å². The Balaban J connectivity index is 1.62. The predicted molar refractivity (Wildman–Crippen MR) is 117 cm³/mol. The standard InChI is InChI=1S/C22H27ClN2O4S/c1-3-29-20-8-7-19(23)14-21(20)30(27,28)25-11-9-18(10-12-25)22(26)24-15-17-6-4-5-16(2)13-17/h4-8,13-14,18H,3,9-12,15H2,1-2H3,(H,24,26). The van der Waals surface area contributed by atoms with Crippen LogP contribution in [0.2, 0.25) is 5.02 Å². The van der Waals surface area contributed by atoms with Crippen LogP contribution in [-0.2, 0) is 21.4 Å². The molecule has 2 aromatic carbocycles. The maximum Gasteiger partial charge on any atom is 0.246 e. The third kappa shape index (κ3) is 5.33. The molecule has 1 N–H and O–H groups in total. The lowest BCUT2D eigenvalue weighted by Crippen LogP contribution is -2.43. The number of ether oxygens (including phenoxy) is 1. The molecule has 0 radical (unpaired) electrons. The van der Waals surface area contributed by atoms with Gasteiger partial charge >= 0.3 is 0 Å². The van der Waals surface area contributed by atoms with Crippen LogP contribution >= 0.6 is 11.6 Å². The Kier molecular flexibility index (Phi) is 7.39. The van der Waals surface area contributed by atoms with E-state index in [1.165, 1.54) is 10.4 Å². The molecule has 1 saturated heterocycles. The molecule has 1 heterocycles. The van der Waals surface area contributed by atoms with Crippen molar-refractivity contribution in [1.29, 1.82) is 0 Å². The Morgan fingerprint density at radius 2 is 1.93 bits per heavy atom. The molecule has 1 fully saturated rings. The number of hydrogen-bond acceptors (Lipinski definition) is 4. The van der Waals surface area contributed by atoms with E-state index in [1.54, 1.807) is 19.1 Å². The maximum atomic E-state index is 13.1. The summed E-state index contributed by atoms with van der Waals surface area (Å²) in [5, 5.41) is 3.31. The van der Waals surface area contributed by atoms with Crippen molar-refractivity contribution in [3.05, 3.63) is 58.6 Å². The third-order valence-electron chi connectivity index (χ3n) is 5.20. The van der Waals surface area contributed by atoms with Gasteiger partial charge in [0, 0.05) is 30.6 Å². The molecule has 0 atom stereocenters. The second-order valence-electron chi connectivity index (χ2n) is 7.41. The molecule has 0 spiro atoms. The lowest BCUT2D eigenvalue weighted by atomic mass is 9.97. The first-order valence-corrected chi connectivity index (χ1v) is 11.9. The van der Waals surface area contributed by atoms with Crippen molar-refractivity contribution in [2.24, 2.45) is 5.92 Å². The van der Waals surface area contributed by atoms with E-state index in [1.807, 2.05) is 31.2 Å². The summed E-state index contributed by atoms with van der Waals surface area (Å²) in [6, 6.07) is 12.6. The minimum absolute atomic E-state index is 0.0358. The number of carbonyl (C=O) groups is 1. The monoisotopic (exact) mass is 450 g/mol. The number of rotatable bonds is 7. The number of aryl methyl sites for hydroxylation is 1. The number of nitrogens with one attached hydrogen (secondary N) is 1. The summed E-state index contributed by atoms with van der Waals surface area (Å²) < 4.78 is 33.2. The molecule has 3 rings (SSSR count). The summed E-state index contributed by atoms with van der Waals surface area (Å²) >= 11 is 6.03. The topological polar surface area (TPSA) is 75.7 Å². The molecular weight excluding hydrogens is 424 g/mol. The highest BCUT2D eigenvalue weighted by atomic mass is 35.5. The molecule has 0 unspecified atom stereocenters. The molecule has 0 aromatic heterocycles. The molecule has 2 aromatic rings. The maximum absolute atomic E-state index is 13.1. The van der Waals surface area contributed by atoms with E-state index < -0.39 is 10.0 Å². The highest BCUT2D eigenvalue weighted by Crippen LogP contribution is 2.32. The van der Waals surface area contributed by atoms with Crippen LogP contribution in [0, 0.1) is 12.8 Å². The number of halogens is 1. The van der Waals surface area contributed by atoms with Gasteiger partial charge in [-0.25, -0.2) is 8.42 Å². The molecule has 8 heteroatoms. The molecule has 0 aliphatic carbocycles. The van der Waals surface area contributed by atoms with Crippen LogP contribution in [0.5, 0.6) is 5.75 Å². The quantitative estimate of drug-likeness (QED) is 0.696. The van der Waals surface area contributed by atoms with E-state index in [4.69, 9.17) is 16.3 Å². The summed E-state index contributed by atoms with van der Waals surface area (Å²) in [6.07, 6.45) is 0.951. The number of amides is 1. The fourth-order valence-corrected chi connectivity index (χ4v) is 5.47. The Bertz CT molecular complexity index is 1000. The van der Waals surface area contributed by atoms with Crippen LogP contribution in [0.1, 0.15) is 30.9 Å². The van der Waals surface area contributed by atoms with Crippen LogP contribution in [0.25, 0.3) is 0 Å². The van der Waals surface area contributed by atoms with Gasteiger partial charge in [-0.15, -0.1) is 0 Å². The molecule has 0 saturated carbocycles. The Hall–Kier alpha value is -2.09. The third-order valence-corrected chi connectivity index (χ3v) is 7.35. The number of benzene rings is 2. The smallest absolute Gasteiger partial charge is 0.246 e.